The SMILES string of the molecule is Cc1[nH]ncc1CNC12CC3CC(C)(CC(C)(C3)C1)C2. The highest BCUT2D eigenvalue weighted by Gasteiger charge is 2.59. The third-order valence-corrected chi connectivity index (χ3v) is 6.21. The highest BCUT2D eigenvalue weighted by molar-refractivity contribution is 5.18. The van der Waals surface area contributed by atoms with Gasteiger partial charge in [0.25, 0.3) is 0 Å². The van der Waals surface area contributed by atoms with Crippen molar-refractivity contribution in [1.82, 2.24) is 15.5 Å². The quantitative estimate of drug-likeness (QED) is 0.884. The van der Waals surface area contributed by atoms with Gasteiger partial charge in [-0.25, -0.2) is 0 Å². The van der Waals surface area contributed by atoms with E-state index in [1.54, 1.807) is 0 Å². The second-order valence-corrected chi connectivity index (χ2v) is 8.78. The molecular weight excluding hydrogens is 246 g/mol. The van der Waals surface area contributed by atoms with Crippen molar-refractivity contribution in [2.24, 2.45) is 16.7 Å². The highest BCUT2D eigenvalue weighted by Crippen LogP contribution is 2.66. The fourth-order valence-electron chi connectivity index (χ4n) is 6.48. The number of rotatable bonds is 3. The Balaban J connectivity index is 1.56. The van der Waals surface area contributed by atoms with Gasteiger partial charge in [0.1, 0.15) is 0 Å². The van der Waals surface area contributed by atoms with Crippen LogP contribution in [0.25, 0.3) is 0 Å². The Kier molecular flexibility index (Phi) is 2.50. The molecule has 5 rings (SSSR count). The van der Waals surface area contributed by atoms with Crippen LogP contribution < -0.4 is 5.32 Å². The van der Waals surface area contributed by atoms with E-state index in [0.29, 0.717) is 16.4 Å². The summed E-state index contributed by atoms with van der Waals surface area (Å²) < 4.78 is 0. The lowest BCUT2D eigenvalue weighted by atomic mass is 9.43. The number of hydrogen-bond donors (Lipinski definition) is 2. The van der Waals surface area contributed by atoms with Crippen molar-refractivity contribution in [1.29, 1.82) is 0 Å². The summed E-state index contributed by atoms with van der Waals surface area (Å²) in [6, 6.07) is 0. The Morgan fingerprint density at radius 1 is 1.20 bits per heavy atom. The zero-order valence-electron chi connectivity index (χ0n) is 13.1. The molecule has 0 aliphatic heterocycles. The van der Waals surface area contributed by atoms with E-state index in [-0.39, 0.29) is 0 Å². The smallest absolute Gasteiger partial charge is 0.0535 e. The molecule has 1 aromatic rings. The van der Waals surface area contributed by atoms with Gasteiger partial charge in [-0.1, -0.05) is 13.8 Å². The molecule has 0 spiro atoms. The topological polar surface area (TPSA) is 40.7 Å². The van der Waals surface area contributed by atoms with Crippen LogP contribution in [0.15, 0.2) is 6.20 Å². The number of nitrogens with one attached hydrogen (secondary N) is 2. The minimum Gasteiger partial charge on any atom is -0.307 e. The van der Waals surface area contributed by atoms with E-state index in [4.69, 9.17) is 0 Å². The molecule has 4 fully saturated rings. The highest BCUT2D eigenvalue weighted by atomic mass is 15.1. The minimum absolute atomic E-state index is 0.395. The summed E-state index contributed by atoms with van der Waals surface area (Å²) in [5.74, 6) is 0.958. The lowest BCUT2D eigenvalue weighted by molar-refractivity contribution is -0.118. The summed E-state index contributed by atoms with van der Waals surface area (Å²) in [6.07, 6.45) is 10.5. The zero-order valence-corrected chi connectivity index (χ0v) is 13.1. The molecule has 2 unspecified atom stereocenters. The zero-order chi connectivity index (χ0) is 14.0. The Morgan fingerprint density at radius 3 is 2.45 bits per heavy atom. The first-order valence-electron chi connectivity index (χ1n) is 8.13. The van der Waals surface area contributed by atoms with Crippen LogP contribution in [0.3, 0.4) is 0 Å². The van der Waals surface area contributed by atoms with E-state index in [1.807, 2.05) is 6.20 Å². The number of nitrogens with zero attached hydrogens (tertiary/aromatic N) is 1. The first-order chi connectivity index (χ1) is 9.40. The van der Waals surface area contributed by atoms with Gasteiger partial charge in [0.2, 0.25) is 0 Å². The molecule has 110 valence electrons. The van der Waals surface area contributed by atoms with Gasteiger partial charge in [0.05, 0.1) is 6.20 Å². The van der Waals surface area contributed by atoms with Crippen LogP contribution in [-0.4, -0.2) is 15.7 Å². The summed E-state index contributed by atoms with van der Waals surface area (Å²) in [6.45, 7) is 8.16. The number of aryl methyl sites for hydroxylation is 1. The van der Waals surface area contributed by atoms with Crippen LogP contribution in [-0.2, 0) is 6.54 Å². The predicted molar refractivity (Wildman–Crippen MR) is 80.3 cm³/mol. The molecule has 1 aromatic heterocycles. The summed E-state index contributed by atoms with van der Waals surface area (Å²) in [4.78, 5) is 0. The van der Waals surface area contributed by atoms with Crippen molar-refractivity contribution in [3.63, 3.8) is 0 Å². The van der Waals surface area contributed by atoms with Gasteiger partial charge >= 0.3 is 0 Å². The maximum Gasteiger partial charge on any atom is 0.0535 e. The van der Waals surface area contributed by atoms with Crippen LogP contribution in [0.5, 0.6) is 0 Å². The third-order valence-electron chi connectivity index (χ3n) is 6.21. The number of H-pyrrole nitrogens is 1. The molecule has 3 nitrogen and oxygen atoms in total. The van der Waals surface area contributed by atoms with Gasteiger partial charge in [-0.15, -0.1) is 0 Å². The molecule has 0 aromatic carbocycles. The fraction of sp³-hybridized carbons (Fsp3) is 0.824. The summed E-state index contributed by atoms with van der Waals surface area (Å²) in [5.41, 5.74) is 4.11. The molecule has 2 N–H and O–H groups in total. The Morgan fingerprint density at radius 2 is 1.90 bits per heavy atom. The molecule has 1 heterocycles. The van der Waals surface area contributed by atoms with Gasteiger partial charge in [0, 0.05) is 23.3 Å². The van der Waals surface area contributed by atoms with Crippen molar-refractivity contribution in [2.75, 3.05) is 0 Å². The van der Waals surface area contributed by atoms with Gasteiger partial charge in [0.15, 0.2) is 0 Å². The number of hydrogen-bond acceptors (Lipinski definition) is 2. The van der Waals surface area contributed by atoms with Gasteiger partial charge < -0.3 is 5.32 Å². The Labute approximate surface area is 121 Å². The van der Waals surface area contributed by atoms with Gasteiger partial charge in [-0.05, 0) is 62.2 Å². The first kappa shape index (κ1) is 12.9. The van der Waals surface area contributed by atoms with Crippen LogP contribution >= 0.6 is 0 Å². The molecule has 4 aliphatic rings. The van der Waals surface area contributed by atoms with E-state index in [1.165, 1.54) is 49.8 Å². The summed E-state index contributed by atoms with van der Waals surface area (Å²) >= 11 is 0. The van der Waals surface area contributed by atoms with Crippen molar-refractivity contribution in [3.05, 3.63) is 17.5 Å². The molecule has 4 aliphatic carbocycles. The molecule has 0 saturated heterocycles. The standard InChI is InChI=1S/C17H27N3/c1-12-14(8-19-20-12)7-18-17-6-13-4-15(2,10-17)9-16(3,5-13)11-17/h8,13,18H,4-7,9-11H2,1-3H3,(H,19,20). The lowest BCUT2D eigenvalue weighted by Gasteiger charge is -2.65. The van der Waals surface area contributed by atoms with E-state index < -0.39 is 0 Å². The maximum absolute atomic E-state index is 4.15. The van der Waals surface area contributed by atoms with Crippen LogP contribution in [0.4, 0.5) is 0 Å². The van der Waals surface area contributed by atoms with Crippen molar-refractivity contribution >= 4 is 0 Å². The first-order valence-corrected chi connectivity index (χ1v) is 8.13. The van der Waals surface area contributed by atoms with Crippen molar-refractivity contribution in [3.8, 4) is 0 Å². The molecule has 4 saturated carbocycles. The van der Waals surface area contributed by atoms with Crippen LogP contribution in [0.2, 0.25) is 0 Å². The van der Waals surface area contributed by atoms with Gasteiger partial charge in [-0.2, -0.15) is 5.10 Å². The number of aromatic amines is 1. The molecule has 3 heteroatoms. The monoisotopic (exact) mass is 273 g/mol. The van der Waals surface area contributed by atoms with E-state index in [0.717, 1.165) is 12.5 Å². The van der Waals surface area contributed by atoms with Crippen LogP contribution in [0.1, 0.15) is 63.6 Å². The third kappa shape index (κ3) is 1.93. The summed E-state index contributed by atoms with van der Waals surface area (Å²) in [7, 11) is 0. The lowest BCUT2D eigenvalue weighted by Crippen LogP contribution is -2.63. The predicted octanol–water partition coefficient (Wildman–Crippen LogP) is 3.56. The fourth-order valence-corrected chi connectivity index (χ4v) is 6.48. The molecule has 0 amide bonds. The second-order valence-electron chi connectivity index (χ2n) is 8.78. The van der Waals surface area contributed by atoms with Gasteiger partial charge in [-0.3, -0.25) is 5.10 Å². The largest absolute Gasteiger partial charge is 0.307 e. The average molecular weight is 273 g/mol. The van der Waals surface area contributed by atoms with E-state index >= 15 is 0 Å². The van der Waals surface area contributed by atoms with Crippen molar-refractivity contribution in [2.45, 2.75) is 71.4 Å². The molecule has 20 heavy (non-hydrogen) atoms. The van der Waals surface area contributed by atoms with E-state index in [2.05, 4.69) is 36.3 Å². The molecule has 4 bridgehead atoms. The normalized spacial score (nSPS) is 46.0. The second kappa shape index (κ2) is 3.88. The average Bonchev–Trinajstić information content (AvgIpc) is 2.67. The Bertz CT molecular complexity index is 514. The maximum atomic E-state index is 4.15. The Hall–Kier alpha value is -0.830. The minimum atomic E-state index is 0.395. The molecule has 2 atom stereocenters. The number of aromatic nitrogens is 2. The molecule has 0 radical (unpaired) electrons. The van der Waals surface area contributed by atoms with Crippen LogP contribution in [0, 0.1) is 23.7 Å². The van der Waals surface area contributed by atoms with Crippen molar-refractivity contribution < 1.29 is 0 Å². The summed E-state index contributed by atoms with van der Waals surface area (Å²) in [5, 5.41) is 11.2. The molecular formula is C17H27N3. The van der Waals surface area contributed by atoms with E-state index in [9.17, 15) is 0 Å².